The van der Waals surface area contributed by atoms with Gasteiger partial charge < -0.3 is 5.41 Å². The van der Waals surface area contributed by atoms with Crippen molar-refractivity contribution >= 4 is 6.21 Å². The summed E-state index contributed by atoms with van der Waals surface area (Å²) in [5, 5.41) is 6.67. The molecule has 1 heteroatoms. The Labute approximate surface area is 43.6 Å². The number of rotatable bonds is 3. The molecule has 38 valence electrons. The molecule has 0 fully saturated rings. The molecule has 1 N–H and O–H groups in total. The summed E-state index contributed by atoms with van der Waals surface area (Å²) in [7, 11) is 0. The molecule has 1 rings (SSSR count). The van der Waals surface area contributed by atoms with Gasteiger partial charge in [-0.25, -0.2) is 0 Å². The van der Waals surface area contributed by atoms with Crippen LogP contribution in [0.1, 0.15) is 19.3 Å². The minimum absolute atomic E-state index is 0.936. The third kappa shape index (κ3) is 1.53. The van der Waals surface area contributed by atoms with Crippen LogP contribution in [0.15, 0.2) is 11.6 Å². The van der Waals surface area contributed by atoms with Crippen LogP contribution in [0.2, 0.25) is 0 Å². The Hall–Kier alpha value is -0.590. The maximum absolute atomic E-state index is 6.67. The highest BCUT2D eigenvalue weighted by molar-refractivity contribution is 5.53. The van der Waals surface area contributed by atoms with E-state index in [1.165, 1.54) is 18.2 Å². The van der Waals surface area contributed by atoms with E-state index >= 15 is 0 Å². The molecule has 0 bridgehead atoms. The number of hydrogen-bond donors (Lipinski definition) is 1. The monoisotopic (exact) mass is 95.1 g/mol. The fourth-order valence-corrected chi connectivity index (χ4v) is 0.534. The Morgan fingerprint density at radius 2 is 2.57 bits per heavy atom. The molecule has 0 spiro atoms. The van der Waals surface area contributed by atoms with Crippen LogP contribution in [0.4, 0.5) is 0 Å². The third-order valence-electron chi connectivity index (χ3n) is 1.10. The Bertz CT molecular complexity index is 103. The highest BCUT2D eigenvalue weighted by Gasteiger charge is 2.03. The van der Waals surface area contributed by atoms with Crippen LogP contribution in [-0.4, -0.2) is 6.21 Å². The number of allylic oxidation sites excluding steroid dienone is 2. The van der Waals surface area contributed by atoms with Crippen molar-refractivity contribution in [1.29, 1.82) is 5.41 Å². The third-order valence-corrected chi connectivity index (χ3v) is 1.10. The highest BCUT2D eigenvalue weighted by Crippen LogP contribution is 2.22. The molecule has 1 aliphatic rings. The molecule has 0 aromatic heterocycles. The molecule has 0 atom stereocenters. The van der Waals surface area contributed by atoms with Gasteiger partial charge in [0.25, 0.3) is 0 Å². The van der Waals surface area contributed by atoms with Crippen LogP contribution in [-0.2, 0) is 0 Å². The van der Waals surface area contributed by atoms with Gasteiger partial charge in [-0.3, -0.25) is 0 Å². The zero-order valence-electron chi connectivity index (χ0n) is 4.28. The lowest BCUT2D eigenvalue weighted by Gasteiger charge is -1.80. The van der Waals surface area contributed by atoms with Crippen molar-refractivity contribution < 1.29 is 0 Å². The summed E-state index contributed by atoms with van der Waals surface area (Å²) in [6, 6.07) is 0. The number of nitrogens with one attached hydrogen (secondary N) is 1. The molecule has 0 aliphatic heterocycles. The second-order valence-electron chi connectivity index (χ2n) is 1.81. The second kappa shape index (κ2) is 1.92. The highest BCUT2D eigenvalue weighted by atomic mass is 14.3. The van der Waals surface area contributed by atoms with Gasteiger partial charge >= 0.3 is 0 Å². The minimum atomic E-state index is 0.936. The van der Waals surface area contributed by atoms with E-state index in [0.29, 0.717) is 0 Å². The molecule has 0 saturated carbocycles. The first-order chi connectivity index (χ1) is 3.43. The topological polar surface area (TPSA) is 23.9 Å². The summed E-state index contributed by atoms with van der Waals surface area (Å²) in [6.07, 6.45) is 6.96. The average Bonchev–Trinajstić information content (AvgIpc) is 2.42. The molecular formula is C6H9N. The van der Waals surface area contributed by atoms with E-state index in [0.717, 1.165) is 12.8 Å². The molecule has 0 saturated heterocycles. The van der Waals surface area contributed by atoms with Gasteiger partial charge in [0.1, 0.15) is 0 Å². The second-order valence-corrected chi connectivity index (χ2v) is 1.81. The normalized spacial score (nSPS) is 15.7. The van der Waals surface area contributed by atoms with Gasteiger partial charge in [-0.1, -0.05) is 11.6 Å². The summed E-state index contributed by atoms with van der Waals surface area (Å²) in [5.41, 5.74) is 1.53. The van der Waals surface area contributed by atoms with E-state index in [1.807, 2.05) is 0 Å². The zero-order valence-corrected chi connectivity index (χ0v) is 4.28. The molecule has 0 aromatic carbocycles. The molecular weight excluding hydrogens is 86.1 g/mol. The maximum Gasteiger partial charge on any atom is -0.00446 e. The molecule has 0 aromatic rings. The standard InChI is InChI=1S/C6H9N/c7-5-1-2-6-3-4-6/h3,5,7H,1-2,4H2. The Kier molecular flexibility index (Phi) is 1.25. The van der Waals surface area contributed by atoms with Crippen LogP contribution in [0, 0.1) is 5.41 Å². The Balaban J connectivity index is 1.99. The fourth-order valence-electron chi connectivity index (χ4n) is 0.534. The van der Waals surface area contributed by atoms with Crippen molar-refractivity contribution in [1.82, 2.24) is 0 Å². The van der Waals surface area contributed by atoms with Crippen LogP contribution in [0.3, 0.4) is 0 Å². The van der Waals surface area contributed by atoms with Gasteiger partial charge in [0.2, 0.25) is 0 Å². The lowest BCUT2D eigenvalue weighted by atomic mass is 10.3. The Morgan fingerprint density at radius 1 is 1.86 bits per heavy atom. The lowest BCUT2D eigenvalue weighted by Crippen LogP contribution is -1.69. The smallest absolute Gasteiger partial charge is 0.00446 e. The van der Waals surface area contributed by atoms with Gasteiger partial charge in [-0.15, -0.1) is 0 Å². The summed E-state index contributed by atoms with van der Waals surface area (Å²) >= 11 is 0. The Morgan fingerprint density at radius 3 is 3.00 bits per heavy atom. The van der Waals surface area contributed by atoms with Crippen molar-refractivity contribution in [2.75, 3.05) is 0 Å². The molecule has 1 aliphatic carbocycles. The van der Waals surface area contributed by atoms with Gasteiger partial charge in [0.05, 0.1) is 0 Å². The van der Waals surface area contributed by atoms with Crippen LogP contribution in [0.25, 0.3) is 0 Å². The van der Waals surface area contributed by atoms with E-state index in [1.54, 1.807) is 0 Å². The molecule has 0 unspecified atom stereocenters. The molecule has 0 heterocycles. The first-order valence-corrected chi connectivity index (χ1v) is 2.60. The van der Waals surface area contributed by atoms with Crippen LogP contribution < -0.4 is 0 Å². The molecule has 7 heavy (non-hydrogen) atoms. The minimum Gasteiger partial charge on any atom is -0.313 e. The summed E-state index contributed by atoms with van der Waals surface area (Å²) in [5.74, 6) is 0. The predicted molar refractivity (Wildman–Crippen MR) is 30.7 cm³/mol. The van der Waals surface area contributed by atoms with Crippen molar-refractivity contribution in [3.63, 3.8) is 0 Å². The summed E-state index contributed by atoms with van der Waals surface area (Å²) in [6.45, 7) is 0. The van der Waals surface area contributed by atoms with Crippen LogP contribution in [0.5, 0.6) is 0 Å². The first kappa shape index (κ1) is 4.57. The molecule has 1 nitrogen and oxygen atoms in total. The van der Waals surface area contributed by atoms with Crippen LogP contribution >= 0.6 is 0 Å². The van der Waals surface area contributed by atoms with Crippen molar-refractivity contribution in [2.24, 2.45) is 0 Å². The van der Waals surface area contributed by atoms with Crippen molar-refractivity contribution in [2.45, 2.75) is 19.3 Å². The van der Waals surface area contributed by atoms with Crippen molar-refractivity contribution in [3.05, 3.63) is 11.6 Å². The quantitative estimate of drug-likeness (QED) is 0.408. The maximum atomic E-state index is 6.67. The van der Waals surface area contributed by atoms with E-state index in [2.05, 4.69) is 6.08 Å². The molecule has 0 radical (unpaired) electrons. The lowest BCUT2D eigenvalue weighted by molar-refractivity contribution is 1.06. The zero-order chi connectivity index (χ0) is 5.11. The number of hydrogen-bond acceptors (Lipinski definition) is 1. The largest absolute Gasteiger partial charge is 0.313 e. The van der Waals surface area contributed by atoms with Gasteiger partial charge in [0, 0.05) is 0 Å². The average molecular weight is 95.1 g/mol. The van der Waals surface area contributed by atoms with Gasteiger partial charge in [-0.05, 0) is 25.5 Å². The first-order valence-electron chi connectivity index (χ1n) is 2.60. The van der Waals surface area contributed by atoms with Gasteiger partial charge in [-0.2, -0.15) is 0 Å². The fraction of sp³-hybridized carbons (Fsp3) is 0.500. The molecule has 0 amide bonds. The summed E-state index contributed by atoms with van der Waals surface area (Å²) < 4.78 is 0. The van der Waals surface area contributed by atoms with E-state index in [9.17, 15) is 0 Å². The van der Waals surface area contributed by atoms with Gasteiger partial charge in [0.15, 0.2) is 0 Å². The SMILES string of the molecule is N=CCCC1=CC1. The predicted octanol–water partition coefficient (Wildman–Crippen LogP) is 1.75. The van der Waals surface area contributed by atoms with E-state index < -0.39 is 0 Å². The summed E-state index contributed by atoms with van der Waals surface area (Å²) in [4.78, 5) is 0. The van der Waals surface area contributed by atoms with E-state index in [4.69, 9.17) is 5.41 Å². The van der Waals surface area contributed by atoms with E-state index in [-0.39, 0.29) is 0 Å². The van der Waals surface area contributed by atoms with Crippen molar-refractivity contribution in [3.8, 4) is 0 Å².